The van der Waals surface area contributed by atoms with Crippen LogP contribution in [0.3, 0.4) is 0 Å². The van der Waals surface area contributed by atoms with Gasteiger partial charge in [0.2, 0.25) is 0 Å². The third-order valence-corrected chi connectivity index (χ3v) is 1.94. The molecule has 0 saturated carbocycles. The lowest BCUT2D eigenvalue weighted by atomic mass is 10.1. The molecule has 0 aliphatic rings. The molecular weight excluding hydrogens is 190 g/mol. The van der Waals surface area contributed by atoms with Gasteiger partial charge in [-0.2, -0.15) is 5.10 Å². The van der Waals surface area contributed by atoms with E-state index in [4.69, 9.17) is 0 Å². The predicted molar refractivity (Wildman–Crippen MR) is 54.3 cm³/mol. The van der Waals surface area contributed by atoms with Gasteiger partial charge in [0.15, 0.2) is 11.6 Å². The van der Waals surface area contributed by atoms with Crippen LogP contribution in [0, 0.1) is 0 Å². The van der Waals surface area contributed by atoms with Gasteiger partial charge < -0.3 is 0 Å². The topological polar surface area (TPSA) is 55.7 Å². The number of hydrogen-bond acceptors (Lipinski definition) is 4. The molecule has 74 valence electrons. The first-order chi connectivity index (χ1) is 7.36. The van der Waals surface area contributed by atoms with Crippen LogP contribution < -0.4 is 0 Å². The summed E-state index contributed by atoms with van der Waals surface area (Å²) in [6, 6.07) is 9.09. The quantitative estimate of drug-likeness (QED) is 0.699. The molecule has 2 rings (SSSR count). The smallest absolute Gasteiger partial charge is 0.170 e. The van der Waals surface area contributed by atoms with Gasteiger partial charge >= 0.3 is 0 Å². The van der Waals surface area contributed by atoms with Crippen LogP contribution >= 0.6 is 0 Å². The molecule has 0 N–H and O–H groups in total. The highest BCUT2D eigenvalue weighted by Crippen LogP contribution is 2.02. The fourth-order valence-corrected chi connectivity index (χ4v) is 1.23. The van der Waals surface area contributed by atoms with Gasteiger partial charge in [0.05, 0.1) is 12.6 Å². The second-order valence-corrected chi connectivity index (χ2v) is 3.02. The molecule has 4 heteroatoms. The Kier molecular flexibility index (Phi) is 2.78. The Morgan fingerprint density at radius 1 is 1.13 bits per heavy atom. The zero-order valence-corrected chi connectivity index (χ0v) is 8.00. The monoisotopic (exact) mass is 199 g/mol. The standard InChI is InChI=1S/C11H9N3O/c15-10(9-4-2-1-3-5-9)8-11-12-6-7-13-14-11/h1-7H,8H2. The van der Waals surface area contributed by atoms with Crippen LogP contribution in [0.2, 0.25) is 0 Å². The number of hydrogen-bond donors (Lipinski definition) is 0. The van der Waals surface area contributed by atoms with Crippen LogP contribution in [-0.2, 0) is 6.42 Å². The largest absolute Gasteiger partial charge is 0.294 e. The Morgan fingerprint density at radius 2 is 1.93 bits per heavy atom. The van der Waals surface area contributed by atoms with Crippen molar-refractivity contribution in [3.63, 3.8) is 0 Å². The van der Waals surface area contributed by atoms with Crippen molar-refractivity contribution in [1.82, 2.24) is 15.2 Å². The van der Waals surface area contributed by atoms with Crippen molar-refractivity contribution in [2.24, 2.45) is 0 Å². The molecule has 15 heavy (non-hydrogen) atoms. The van der Waals surface area contributed by atoms with Gasteiger partial charge in [0.1, 0.15) is 0 Å². The molecule has 0 amide bonds. The van der Waals surface area contributed by atoms with Crippen LogP contribution in [0.25, 0.3) is 0 Å². The maximum atomic E-state index is 11.7. The van der Waals surface area contributed by atoms with Crippen molar-refractivity contribution >= 4 is 5.78 Å². The number of benzene rings is 1. The molecule has 0 aliphatic heterocycles. The Hall–Kier alpha value is -2.10. The molecule has 0 aliphatic carbocycles. The summed E-state index contributed by atoms with van der Waals surface area (Å²) < 4.78 is 0. The van der Waals surface area contributed by atoms with E-state index in [1.165, 1.54) is 12.4 Å². The third-order valence-electron chi connectivity index (χ3n) is 1.94. The Balaban J connectivity index is 2.12. The van der Waals surface area contributed by atoms with E-state index >= 15 is 0 Å². The van der Waals surface area contributed by atoms with Gasteiger partial charge in [-0.3, -0.25) is 4.79 Å². The van der Waals surface area contributed by atoms with Crippen molar-refractivity contribution in [1.29, 1.82) is 0 Å². The van der Waals surface area contributed by atoms with Crippen molar-refractivity contribution in [3.05, 3.63) is 54.1 Å². The van der Waals surface area contributed by atoms with Gasteiger partial charge in [0, 0.05) is 11.8 Å². The van der Waals surface area contributed by atoms with Gasteiger partial charge in [-0.05, 0) is 0 Å². The zero-order valence-electron chi connectivity index (χ0n) is 8.00. The van der Waals surface area contributed by atoms with Gasteiger partial charge in [-0.1, -0.05) is 30.3 Å². The second-order valence-electron chi connectivity index (χ2n) is 3.02. The molecule has 0 fully saturated rings. The van der Waals surface area contributed by atoms with E-state index in [2.05, 4.69) is 15.2 Å². The average Bonchev–Trinajstić information content (AvgIpc) is 2.31. The van der Waals surface area contributed by atoms with Gasteiger partial charge in [-0.25, -0.2) is 4.98 Å². The van der Waals surface area contributed by atoms with Gasteiger partial charge in [0.25, 0.3) is 0 Å². The first-order valence-corrected chi connectivity index (χ1v) is 4.57. The molecule has 0 spiro atoms. The Bertz CT molecular complexity index is 442. The molecule has 4 nitrogen and oxygen atoms in total. The van der Waals surface area contributed by atoms with Crippen molar-refractivity contribution in [2.75, 3.05) is 0 Å². The number of ketones is 1. The number of nitrogens with zero attached hydrogens (tertiary/aromatic N) is 3. The minimum absolute atomic E-state index is 0.00333. The van der Waals surface area contributed by atoms with Crippen LogP contribution in [-0.4, -0.2) is 21.0 Å². The summed E-state index contributed by atoms with van der Waals surface area (Å²) in [4.78, 5) is 15.7. The fraction of sp³-hybridized carbons (Fsp3) is 0.0909. The van der Waals surface area contributed by atoms with Crippen LogP contribution in [0.4, 0.5) is 0 Å². The molecular formula is C11H9N3O. The lowest BCUT2D eigenvalue weighted by Gasteiger charge is -1.98. The highest BCUT2D eigenvalue weighted by atomic mass is 16.1. The number of carbonyl (C=O) groups excluding carboxylic acids is 1. The molecule has 0 unspecified atom stereocenters. The summed E-state index contributed by atoms with van der Waals surface area (Å²) in [5.74, 6) is 0.454. The molecule has 2 aromatic rings. The maximum absolute atomic E-state index is 11.7. The van der Waals surface area contributed by atoms with E-state index < -0.39 is 0 Å². The number of Topliss-reactive ketones (excluding diaryl/α,β-unsaturated/α-hetero) is 1. The lowest BCUT2D eigenvalue weighted by molar-refractivity contribution is 0.0990. The number of aromatic nitrogens is 3. The van der Waals surface area contributed by atoms with E-state index in [0.717, 1.165) is 0 Å². The lowest BCUT2D eigenvalue weighted by Crippen LogP contribution is -2.07. The van der Waals surface area contributed by atoms with E-state index in [-0.39, 0.29) is 12.2 Å². The van der Waals surface area contributed by atoms with Crippen LogP contribution in [0.1, 0.15) is 16.2 Å². The average molecular weight is 199 g/mol. The minimum Gasteiger partial charge on any atom is -0.294 e. The summed E-state index contributed by atoms with van der Waals surface area (Å²) >= 11 is 0. The summed E-state index contributed by atoms with van der Waals surface area (Å²) in [7, 11) is 0. The van der Waals surface area contributed by atoms with E-state index in [0.29, 0.717) is 11.4 Å². The fourth-order valence-electron chi connectivity index (χ4n) is 1.23. The van der Waals surface area contributed by atoms with E-state index in [1.54, 1.807) is 12.1 Å². The summed E-state index contributed by atoms with van der Waals surface area (Å²) in [6.07, 6.45) is 3.20. The Morgan fingerprint density at radius 3 is 2.60 bits per heavy atom. The first-order valence-electron chi connectivity index (χ1n) is 4.57. The highest BCUT2D eigenvalue weighted by Gasteiger charge is 2.07. The minimum atomic E-state index is 0.00333. The predicted octanol–water partition coefficient (Wildman–Crippen LogP) is 1.30. The second kappa shape index (κ2) is 4.41. The first kappa shape index (κ1) is 9.45. The van der Waals surface area contributed by atoms with E-state index in [9.17, 15) is 4.79 Å². The molecule has 1 aromatic carbocycles. The van der Waals surface area contributed by atoms with Crippen molar-refractivity contribution in [3.8, 4) is 0 Å². The maximum Gasteiger partial charge on any atom is 0.170 e. The SMILES string of the molecule is O=C(Cc1nccnn1)c1ccccc1. The number of rotatable bonds is 3. The van der Waals surface area contributed by atoms with Crippen LogP contribution in [0.5, 0.6) is 0 Å². The molecule has 1 heterocycles. The van der Waals surface area contributed by atoms with Crippen molar-refractivity contribution in [2.45, 2.75) is 6.42 Å². The summed E-state index contributed by atoms with van der Waals surface area (Å²) in [5, 5.41) is 7.43. The zero-order chi connectivity index (χ0) is 10.5. The molecule has 0 radical (unpaired) electrons. The molecule has 0 bridgehead atoms. The molecule has 0 saturated heterocycles. The summed E-state index contributed by atoms with van der Waals surface area (Å²) in [6.45, 7) is 0. The normalized spacial score (nSPS) is 9.87. The van der Waals surface area contributed by atoms with Gasteiger partial charge in [-0.15, -0.1) is 5.10 Å². The van der Waals surface area contributed by atoms with Crippen LogP contribution in [0.15, 0.2) is 42.7 Å². The van der Waals surface area contributed by atoms with Crippen molar-refractivity contribution < 1.29 is 4.79 Å². The van der Waals surface area contributed by atoms with E-state index in [1.807, 2.05) is 18.2 Å². The molecule has 0 atom stereocenters. The third kappa shape index (κ3) is 2.43. The highest BCUT2D eigenvalue weighted by molar-refractivity contribution is 5.96. The summed E-state index contributed by atoms with van der Waals surface area (Å²) in [5.41, 5.74) is 0.671. The Labute approximate surface area is 87.0 Å². The number of carbonyl (C=O) groups is 1. The molecule has 1 aromatic heterocycles.